The Morgan fingerprint density at radius 1 is 0.214 bits per heavy atom. The minimum absolute atomic E-state index is 0.581. The summed E-state index contributed by atoms with van der Waals surface area (Å²) in [5.74, 6) is 3.65. The number of aromatic nitrogens is 10. The number of nitrogens with zero attached hydrogens (tertiary/aromatic N) is 9. The number of rotatable bonds is 13. The van der Waals surface area contributed by atoms with Crippen LogP contribution in [0.4, 0.5) is 0 Å². The zero-order valence-corrected chi connectivity index (χ0v) is 64.1. The van der Waals surface area contributed by atoms with Crippen LogP contribution in [0.2, 0.25) is 5.02 Å². The molecule has 0 saturated carbocycles. The van der Waals surface area contributed by atoms with Gasteiger partial charge in [0.05, 0.1) is 27.6 Å². The second kappa shape index (κ2) is 31.2. The van der Waals surface area contributed by atoms with Crippen LogP contribution in [0.15, 0.2) is 425 Å². The van der Waals surface area contributed by atoms with Gasteiger partial charge in [0.25, 0.3) is 0 Å². The highest BCUT2D eigenvalue weighted by Crippen LogP contribution is 2.41. The van der Waals surface area contributed by atoms with E-state index in [1.165, 1.54) is 54.6 Å². The first-order valence-corrected chi connectivity index (χ1v) is 39.4. The number of halogens is 1. The molecule has 22 aromatic rings. The molecule has 117 heavy (non-hydrogen) atoms. The van der Waals surface area contributed by atoms with E-state index in [9.17, 15) is 0 Å². The monoisotopic (exact) mass is 1520 g/mol. The van der Waals surface area contributed by atoms with Crippen molar-refractivity contribution in [3.63, 3.8) is 0 Å². The predicted molar refractivity (Wildman–Crippen MR) is 483 cm³/mol. The van der Waals surface area contributed by atoms with E-state index in [4.69, 9.17) is 41.5 Å². The molecule has 0 radical (unpaired) electrons. The Morgan fingerprint density at radius 3 is 0.983 bits per heavy atom. The lowest BCUT2D eigenvalue weighted by Gasteiger charge is -2.14. The van der Waals surface area contributed by atoms with Crippen molar-refractivity contribution < 1.29 is 0 Å². The summed E-state index contributed by atoms with van der Waals surface area (Å²) in [4.78, 5) is 33.9. The summed E-state index contributed by atoms with van der Waals surface area (Å²) in [6.45, 7) is 0. The summed E-state index contributed by atoms with van der Waals surface area (Å²) < 4.78 is 6.95. The molecule has 0 saturated heterocycles. The van der Waals surface area contributed by atoms with Gasteiger partial charge in [0, 0.05) is 106 Å². The third-order valence-electron chi connectivity index (χ3n) is 21.5. The van der Waals surface area contributed by atoms with Crippen LogP contribution in [-0.4, -0.2) is 48.6 Å². The summed E-state index contributed by atoms with van der Waals surface area (Å²) in [6.07, 6.45) is 4.32. The lowest BCUT2D eigenvalue weighted by atomic mass is 10.0. The minimum Gasteiger partial charge on any atom is -0.353 e. The fraction of sp³-hybridized carbons (Fsp3) is 0. The molecule has 552 valence electrons. The first-order valence-electron chi connectivity index (χ1n) is 39.1. The Labute approximate surface area is 680 Å². The van der Waals surface area contributed by atoms with E-state index in [2.05, 4.69) is 340 Å². The maximum atomic E-state index is 6.31. The largest absolute Gasteiger partial charge is 0.353 e. The van der Waals surface area contributed by atoms with Crippen molar-refractivity contribution in [2.24, 2.45) is 0 Å². The summed E-state index contributed by atoms with van der Waals surface area (Å²) >= 11 is 6.31. The Morgan fingerprint density at radius 2 is 0.538 bits per heavy atom. The minimum atomic E-state index is 0.581. The number of H-pyrrole nitrogens is 1. The quantitative estimate of drug-likeness (QED) is 0.123. The van der Waals surface area contributed by atoms with Crippen LogP contribution in [0.25, 0.3) is 195 Å². The van der Waals surface area contributed by atoms with Gasteiger partial charge in [-0.25, -0.2) is 29.9 Å². The Kier molecular flexibility index (Phi) is 18.9. The number of nitrogens with one attached hydrogen (secondary N) is 1. The molecule has 6 heterocycles. The van der Waals surface area contributed by atoms with E-state index in [0.29, 0.717) is 40.0 Å². The average Bonchev–Trinajstić information content (AvgIpc) is 1.49. The third-order valence-corrected chi connectivity index (χ3v) is 21.7. The lowest BCUT2D eigenvalue weighted by molar-refractivity contribution is 1.07. The maximum absolute atomic E-state index is 6.31. The summed E-state index contributed by atoms with van der Waals surface area (Å²) in [5.41, 5.74) is 24.8. The number of hydrogen-bond acceptors (Lipinski definition) is 6. The van der Waals surface area contributed by atoms with Gasteiger partial charge in [0.2, 0.25) is 0 Å². The molecule has 0 atom stereocenters. The van der Waals surface area contributed by atoms with Gasteiger partial charge >= 0.3 is 0 Å². The van der Waals surface area contributed by atoms with Crippen molar-refractivity contribution in [3.05, 3.63) is 430 Å². The maximum Gasteiger partial charge on any atom is 0.164 e. The normalized spacial score (nSPS) is 11.3. The number of fused-ring (bicyclic) bond motifs is 10. The second-order valence-corrected chi connectivity index (χ2v) is 29.3. The molecule has 0 aliphatic heterocycles. The average molecular weight is 1520 g/mol. The molecule has 0 unspecified atom stereocenters. The molecular formula is C106H71ClN10. The van der Waals surface area contributed by atoms with Crippen molar-refractivity contribution in [2.45, 2.75) is 0 Å². The number of para-hydroxylation sites is 4. The van der Waals surface area contributed by atoms with Gasteiger partial charge in [-0.3, -0.25) is 0 Å². The van der Waals surface area contributed by atoms with Crippen LogP contribution in [0.3, 0.4) is 0 Å². The van der Waals surface area contributed by atoms with Crippen LogP contribution < -0.4 is 0 Å². The van der Waals surface area contributed by atoms with Crippen LogP contribution in [0.5, 0.6) is 0 Å². The SMILES string of the molecule is Clc1cccc(-c2nc(-c3cccc(-c4ccccc4)c3)nc(-c3cccc(-c4ccccc4)c3)n2)c1.c1ccc(-c2cccc(-c3nc(-c4cccc(-c5ccccc5)c4)nc(-c4cccc(-n5c6ccccc6c6ccc7ccn(-c8ccccc8)c7c65)c4)n3)c2)cc1.c1ccc(-n2ccc3ccc4c5ccccc5[nH]c4c32)cc1. The highest BCUT2D eigenvalue weighted by atomic mass is 35.5. The molecule has 10 nitrogen and oxygen atoms in total. The Hall–Kier alpha value is -15.5. The van der Waals surface area contributed by atoms with E-state index in [1.807, 2.05) is 103 Å². The summed E-state index contributed by atoms with van der Waals surface area (Å²) in [6, 6.07) is 143. The third kappa shape index (κ3) is 14.2. The van der Waals surface area contributed by atoms with E-state index >= 15 is 0 Å². The van der Waals surface area contributed by atoms with Crippen LogP contribution in [-0.2, 0) is 0 Å². The van der Waals surface area contributed by atoms with Gasteiger partial charge < -0.3 is 18.7 Å². The number of aromatic amines is 1. The number of hydrogen-bond donors (Lipinski definition) is 1. The smallest absolute Gasteiger partial charge is 0.164 e. The molecule has 0 bridgehead atoms. The van der Waals surface area contributed by atoms with Crippen molar-refractivity contribution in [3.8, 4) is 130 Å². The van der Waals surface area contributed by atoms with E-state index in [0.717, 1.165) is 106 Å². The molecular weight excluding hydrogens is 1450 g/mol. The summed E-state index contributed by atoms with van der Waals surface area (Å²) in [5, 5.41) is 8.02. The molecule has 0 amide bonds. The molecule has 0 spiro atoms. The van der Waals surface area contributed by atoms with Gasteiger partial charge in [0.1, 0.15) is 0 Å². The van der Waals surface area contributed by atoms with Gasteiger partial charge in [-0.05, 0) is 142 Å². The van der Waals surface area contributed by atoms with E-state index < -0.39 is 0 Å². The van der Waals surface area contributed by atoms with Gasteiger partial charge in [0.15, 0.2) is 34.9 Å². The predicted octanol–water partition coefficient (Wildman–Crippen LogP) is 27.4. The van der Waals surface area contributed by atoms with Crippen molar-refractivity contribution in [2.75, 3.05) is 0 Å². The zero-order valence-electron chi connectivity index (χ0n) is 63.3. The standard InChI is InChI=1S/C53H35N5.C33H22ClN3.C20H14N2/c1-4-15-36(16-5-1)39-19-12-21-41(33-39)51-54-52(42-22-13-20-40(34-42)37-17-6-2-7-18-37)56-53(55-51)43-23-14-26-45(35-43)58-48-28-11-10-27-46(48)47-30-29-38-31-32-57(49(38)50(47)58)44-24-8-3-9-25-44;34-30-19-9-18-29(22-30)33-36-31(27-16-7-14-25(20-27)23-10-3-1-4-11-23)35-32(37-33)28-17-8-15-26(21-28)24-12-5-2-6-13-24;1-2-6-15(7-3-1)22-13-12-14-10-11-17-16-8-4-5-9-18(16)21-19(17)20(14)22/h1-35H;1-22H;1-13,21H. The zero-order chi connectivity index (χ0) is 78.0. The Balaban J connectivity index is 0.000000126. The van der Waals surface area contributed by atoms with Crippen LogP contribution in [0.1, 0.15) is 0 Å². The highest BCUT2D eigenvalue weighted by molar-refractivity contribution is 6.30. The molecule has 1 N–H and O–H groups in total. The van der Waals surface area contributed by atoms with Crippen molar-refractivity contribution >= 4 is 77.0 Å². The van der Waals surface area contributed by atoms with Crippen molar-refractivity contribution in [1.29, 1.82) is 0 Å². The molecule has 16 aromatic carbocycles. The molecule has 6 aromatic heterocycles. The van der Waals surface area contributed by atoms with Gasteiger partial charge in [-0.2, -0.15) is 0 Å². The van der Waals surface area contributed by atoms with Gasteiger partial charge in [-0.1, -0.05) is 327 Å². The van der Waals surface area contributed by atoms with E-state index in [-0.39, 0.29) is 0 Å². The second-order valence-electron chi connectivity index (χ2n) is 28.9. The fourth-order valence-corrected chi connectivity index (χ4v) is 16.1. The van der Waals surface area contributed by atoms with E-state index in [1.54, 1.807) is 0 Å². The van der Waals surface area contributed by atoms with Crippen molar-refractivity contribution in [1.82, 2.24) is 48.6 Å². The molecule has 22 rings (SSSR count). The first kappa shape index (κ1) is 70.6. The molecule has 0 fully saturated rings. The topological polar surface area (TPSA) is 108 Å². The number of benzene rings is 16. The highest BCUT2D eigenvalue weighted by Gasteiger charge is 2.22. The molecule has 0 aliphatic rings. The lowest BCUT2D eigenvalue weighted by Crippen LogP contribution is -2.02. The van der Waals surface area contributed by atoms with Gasteiger partial charge in [-0.15, -0.1) is 0 Å². The van der Waals surface area contributed by atoms with Crippen LogP contribution in [0, 0.1) is 0 Å². The Bertz CT molecular complexity index is 7180. The summed E-state index contributed by atoms with van der Waals surface area (Å²) in [7, 11) is 0. The molecule has 11 heteroatoms. The molecule has 0 aliphatic carbocycles. The fourth-order valence-electron chi connectivity index (χ4n) is 15.9. The van der Waals surface area contributed by atoms with Crippen LogP contribution >= 0.6 is 11.6 Å². The first-order chi connectivity index (χ1) is 57.9.